The Labute approximate surface area is 127 Å². The molecule has 2 aromatic rings. The molecule has 1 aromatic heterocycles. The molecule has 112 valence electrons. The summed E-state index contributed by atoms with van der Waals surface area (Å²) in [6.45, 7) is 0.273. The van der Waals surface area contributed by atoms with E-state index in [9.17, 15) is 18.0 Å². The Balaban J connectivity index is 2.04. The van der Waals surface area contributed by atoms with Gasteiger partial charge in [0.25, 0.3) is 5.91 Å². The van der Waals surface area contributed by atoms with Crippen molar-refractivity contribution in [2.45, 2.75) is 12.6 Å². The number of furan rings is 1. The molecule has 1 aromatic carbocycles. The van der Waals surface area contributed by atoms with Crippen LogP contribution in [0, 0.1) is 0 Å². The molecular weight excluding hydrogens is 351 g/mol. The first-order valence-corrected chi connectivity index (χ1v) is 6.84. The van der Waals surface area contributed by atoms with Gasteiger partial charge in [0, 0.05) is 17.4 Å². The van der Waals surface area contributed by atoms with Gasteiger partial charge < -0.3 is 9.73 Å². The highest BCUT2D eigenvalue weighted by molar-refractivity contribution is 9.10. The highest BCUT2D eigenvalue weighted by Crippen LogP contribution is 2.31. The van der Waals surface area contributed by atoms with Crippen molar-refractivity contribution >= 4 is 21.8 Å². The van der Waals surface area contributed by atoms with Crippen LogP contribution in [0.3, 0.4) is 0 Å². The monoisotopic (exact) mass is 361 g/mol. The van der Waals surface area contributed by atoms with Crippen LogP contribution in [0.1, 0.15) is 21.7 Å². The van der Waals surface area contributed by atoms with Crippen molar-refractivity contribution in [3.05, 3.63) is 58.0 Å². The zero-order valence-corrected chi connectivity index (χ0v) is 12.3. The second kappa shape index (κ2) is 6.34. The van der Waals surface area contributed by atoms with E-state index in [-0.39, 0.29) is 12.1 Å². The number of rotatable bonds is 4. The van der Waals surface area contributed by atoms with Gasteiger partial charge in [-0.15, -0.1) is 0 Å². The van der Waals surface area contributed by atoms with Crippen molar-refractivity contribution in [2.24, 2.45) is 0 Å². The number of carbonyl (C=O) groups is 1. The smallest absolute Gasteiger partial charge is 0.416 e. The third-order valence-electron chi connectivity index (χ3n) is 2.78. The van der Waals surface area contributed by atoms with Crippen molar-refractivity contribution in [1.82, 2.24) is 5.32 Å². The molecule has 0 aliphatic heterocycles. The second-order valence-corrected chi connectivity index (χ2v) is 5.13. The van der Waals surface area contributed by atoms with E-state index in [1.165, 1.54) is 12.3 Å². The fourth-order valence-electron chi connectivity index (χ4n) is 1.72. The minimum atomic E-state index is -4.48. The molecule has 0 aliphatic rings. The first kappa shape index (κ1) is 15.6. The van der Waals surface area contributed by atoms with Crippen LogP contribution in [0.2, 0.25) is 0 Å². The van der Waals surface area contributed by atoms with Crippen molar-refractivity contribution in [1.29, 1.82) is 0 Å². The number of hydrogen-bond acceptors (Lipinski definition) is 2. The van der Waals surface area contributed by atoms with Gasteiger partial charge >= 0.3 is 6.18 Å². The van der Waals surface area contributed by atoms with Crippen molar-refractivity contribution in [3.8, 4) is 0 Å². The fourth-order valence-corrected chi connectivity index (χ4v) is 2.15. The van der Waals surface area contributed by atoms with Gasteiger partial charge in [0.15, 0.2) is 0 Å². The van der Waals surface area contributed by atoms with E-state index in [0.29, 0.717) is 16.7 Å². The standard InChI is InChI=1S/C14H11BrF3NO2/c15-12-4-3-9(14(16,17)18)8-11(12)13(20)19-6-5-10-2-1-7-21-10/h1-4,7-8H,5-6H2,(H,19,20). The summed E-state index contributed by atoms with van der Waals surface area (Å²) in [5, 5.41) is 2.56. The van der Waals surface area contributed by atoms with Gasteiger partial charge in [-0.2, -0.15) is 13.2 Å². The molecule has 3 nitrogen and oxygen atoms in total. The summed E-state index contributed by atoms with van der Waals surface area (Å²) in [5.41, 5.74) is -0.911. The summed E-state index contributed by atoms with van der Waals surface area (Å²) in [4.78, 5) is 11.9. The lowest BCUT2D eigenvalue weighted by molar-refractivity contribution is -0.137. The Bertz CT molecular complexity index is 624. The molecule has 21 heavy (non-hydrogen) atoms. The van der Waals surface area contributed by atoms with E-state index in [1.807, 2.05) is 0 Å². The van der Waals surface area contributed by atoms with Crippen molar-refractivity contribution in [2.75, 3.05) is 6.54 Å². The largest absolute Gasteiger partial charge is 0.469 e. The fraction of sp³-hybridized carbons (Fsp3) is 0.214. The Morgan fingerprint density at radius 3 is 2.67 bits per heavy atom. The first-order valence-electron chi connectivity index (χ1n) is 6.05. The Morgan fingerprint density at radius 2 is 2.05 bits per heavy atom. The molecule has 0 radical (unpaired) electrons. The number of halogens is 4. The lowest BCUT2D eigenvalue weighted by Gasteiger charge is -2.10. The number of carbonyl (C=O) groups excluding carboxylic acids is 1. The SMILES string of the molecule is O=C(NCCc1ccco1)c1cc(C(F)(F)F)ccc1Br. The van der Waals surface area contributed by atoms with E-state index in [1.54, 1.807) is 12.1 Å². The van der Waals surface area contributed by atoms with Crippen LogP contribution in [-0.4, -0.2) is 12.5 Å². The second-order valence-electron chi connectivity index (χ2n) is 4.28. The molecule has 0 unspecified atom stereocenters. The molecule has 0 atom stereocenters. The molecule has 2 rings (SSSR count). The summed E-state index contributed by atoms with van der Waals surface area (Å²) in [6.07, 6.45) is -2.50. The van der Waals surface area contributed by atoms with Crippen LogP contribution >= 0.6 is 15.9 Å². The molecule has 1 N–H and O–H groups in total. The lowest BCUT2D eigenvalue weighted by Crippen LogP contribution is -2.26. The number of amides is 1. The summed E-state index contributed by atoms with van der Waals surface area (Å²) in [6, 6.07) is 6.44. The zero-order valence-electron chi connectivity index (χ0n) is 10.7. The van der Waals surface area contributed by atoms with Crippen molar-refractivity contribution < 1.29 is 22.4 Å². The van der Waals surface area contributed by atoms with Gasteiger partial charge in [0.1, 0.15) is 5.76 Å². The van der Waals surface area contributed by atoms with Gasteiger partial charge in [-0.05, 0) is 46.3 Å². The van der Waals surface area contributed by atoms with E-state index in [4.69, 9.17) is 4.42 Å². The average Bonchev–Trinajstić information content (AvgIpc) is 2.91. The predicted octanol–water partition coefficient (Wildman–Crippen LogP) is 4.03. The molecular formula is C14H11BrF3NO2. The average molecular weight is 362 g/mol. The number of nitrogens with one attached hydrogen (secondary N) is 1. The van der Waals surface area contributed by atoms with Crippen molar-refractivity contribution in [3.63, 3.8) is 0 Å². The highest BCUT2D eigenvalue weighted by atomic mass is 79.9. The third kappa shape index (κ3) is 4.10. The summed E-state index contributed by atoms with van der Waals surface area (Å²) >= 11 is 3.08. The molecule has 0 aliphatic carbocycles. The van der Waals surface area contributed by atoms with E-state index in [2.05, 4.69) is 21.2 Å². The van der Waals surface area contributed by atoms with E-state index >= 15 is 0 Å². The maximum absolute atomic E-state index is 12.6. The molecule has 0 bridgehead atoms. The van der Waals surface area contributed by atoms with Crippen LogP contribution in [0.4, 0.5) is 13.2 Å². The number of alkyl halides is 3. The van der Waals surface area contributed by atoms with Crippen LogP contribution in [-0.2, 0) is 12.6 Å². The normalized spacial score (nSPS) is 11.4. The molecule has 7 heteroatoms. The van der Waals surface area contributed by atoms with Gasteiger partial charge in [-0.25, -0.2) is 0 Å². The summed E-state index contributed by atoms with van der Waals surface area (Å²) in [7, 11) is 0. The molecule has 0 spiro atoms. The van der Waals surface area contributed by atoms with Crippen LogP contribution in [0.25, 0.3) is 0 Å². The van der Waals surface area contributed by atoms with E-state index in [0.717, 1.165) is 12.1 Å². The summed E-state index contributed by atoms with van der Waals surface area (Å²) in [5.74, 6) is 0.123. The van der Waals surface area contributed by atoms with Gasteiger partial charge in [0.05, 0.1) is 17.4 Å². The molecule has 0 saturated carbocycles. The highest BCUT2D eigenvalue weighted by Gasteiger charge is 2.31. The van der Waals surface area contributed by atoms with E-state index < -0.39 is 17.6 Å². The minimum absolute atomic E-state index is 0.0516. The van der Waals surface area contributed by atoms with Crippen LogP contribution < -0.4 is 5.32 Å². The van der Waals surface area contributed by atoms with Gasteiger partial charge in [0.2, 0.25) is 0 Å². The minimum Gasteiger partial charge on any atom is -0.469 e. The maximum atomic E-state index is 12.6. The summed E-state index contributed by atoms with van der Waals surface area (Å²) < 4.78 is 43.3. The number of benzene rings is 1. The molecule has 0 saturated heterocycles. The molecule has 1 amide bonds. The zero-order chi connectivity index (χ0) is 15.5. The quantitative estimate of drug-likeness (QED) is 0.892. The predicted molar refractivity (Wildman–Crippen MR) is 73.9 cm³/mol. The topological polar surface area (TPSA) is 42.2 Å². The van der Waals surface area contributed by atoms with Crippen LogP contribution in [0.15, 0.2) is 45.5 Å². The lowest BCUT2D eigenvalue weighted by atomic mass is 10.1. The molecule has 0 fully saturated rings. The Morgan fingerprint density at radius 1 is 1.29 bits per heavy atom. The van der Waals surface area contributed by atoms with Gasteiger partial charge in [-0.1, -0.05) is 0 Å². The third-order valence-corrected chi connectivity index (χ3v) is 3.47. The van der Waals surface area contributed by atoms with Crippen LogP contribution in [0.5, 0.6) is 0 Å². The Kier molecular flexibility index (Phi) is 4.72. The Hall–Kier alpha value is -1.76. The van der Waals surface area contributed by atoms with Gasteiger partial charge in [-0.3, -0.25) is 4.79 Å². The first-order chi connectivity index (χ1) is 9.88. The molecule has 1 heterocycles. The number of hydrogen-bond donors (Lipinski definition) is 1. The maximum Gasteiger partial charge on any atom is 0.416 e.